The molecule has 0 atom stereocenters. The van der Waals surface area contributed by atoms with Crippen LogP contribution in [0.4, 0.5) is 0 Å². The van der Waals surface area contributed by atoms with Gasteiger partial charge in [0.25, 0.3) is 5.91 Å². The van der Waals surface area contributed by atoms with E-state index in [1.165, 1.54) is 34.1 Å². The van der Waals surface area contributed by atoms with Crippen molar-refractivity contribution in [3.05, 3.63) is 65.5 Å². The molecule has 1 fully saturated rings. The van der Waals surface area contributed by atoms with Gasteiger partial charge >= 0.3 is 0 Å². The van der Waals surface area contributed by atoms with Gasteiger partial charge in [0.05, 0.1) is 11.4 Å². The highest BCUT2D eigenvalue weighted by atomic mass is 32.2. The molecular weight excluding hydrogens is 440 g/mol. The summed E-state index contributed by atoms with van der Waals surface area (Å²) in [5.41, 5.74) is 2.45. The Morgan fingerprint density at radius 3 is 2.27 bits per heavy atom. The molecule has 2 heterocycles. The summed E-state index contributed by atoms with van der Waals surface area (Å²) in [5, 5.41) is 6.72. The summed E-state index contributed by atoms with van der Waals surface area (Å²) in [4.78, 5) is 17.0. The van der Waals surface area contributed by atoms with Crippen LogP contribution in [-0.4, -0.2) is 41.9 Å². The molecule has 174 valence electrons. The lowest BCUT2D eigenvalue weighted by atomic mass is 9.87. The van der Waals surface area contributed by atoms with Crippen molar-refractivity contribution in [2.75, 3.05) is 13.1 Å². The minimum Gasteiger partial charge on any atom is -0.343 e. The van der Waals surface area contributed by atoms with Crippen molar-refractivity contribution in [3.63, 3.8) is 0 Å². The number of hydrogen-bond acceptors (Lipinski definition) is 6. The number of sulfonamides is 1. The topological polar surface area (TPSA) is 105 Å². The van der Waals surface area contributed by atoms with Gasteiger partial charge in [0.2, 0.25) is 21.7 Å². The Morgan fingerprint density at radius 2 is 1.67 bits per heavy atom. The number of carbonyl (C=O) groups is 1. The Kier molecular flexibility index (Phi) is 6.36. The smallest absolute Gasteiger partial charge is 0.251 e. The molecule has 0 saturated carbocycles. The predicted octanol–water partition coefficient (Wildman–Crippen LogP) is 3.75. The third-order valence-electron chi connectivity index (χ3n) is 5.70. The van der Waals surface area contributed by atoms with E-state index in [0.717, 1.165) is 18.4 Å². The largest absolute Gasteiger partial charge is 0.343 e. The molecule has 33 heavy (non-hydrogen) atoms. The van der Waals surface area contributed by atoms with E-state index in [-0.39, 0.29) is 28.7 Å². The molecular formula is C24H28N4O4S. The van der Waals surface area contributed by atoms with Crippen LogP contribution in [-0.2, 0) is 22.0 Å². The number of carbonyl (C=O) groups excluding carboxylic acids is 1. The number of nitrogens with one attached hydrogen (secondary N) is 1. The molecule has 1 aliphatic rings. The zero-order valence-corrected chi connectivity index (χ0v) is 19.9. The minimum absolute atomic E-state index is 0.0573. The van der Waals surface area contributed by atoms with Gasteiger partial charge in [0, 0.05) is 24.2 Å². The van der Waals surface area contributed by atoms with Gasteiger partial charge in [-0.25, -0.2) is 8.42 Å². The molecule has 1 N–H and O–H groups in total. The minimum atomic E-state index is -3.50. The van der Waals surface area contributed by atoms with E-state index >= 15 is 0 Å². The van der Waals surface area contributed by atoms with Gasteiger partial charge in [-0.3, -0.25) is 4.79 Å². The second kappa shape index (κ2) is 9.07. The van der Waals surface area contributed by atoms with Crippen molar-refractivity contribution < 1.29 is 17.7 Å². The quantitative estimate of drug-likeness (QED) is 0.591. The van der Waals surface area contributed by atoms with Gasteiger partial charge in [-0.15, -0.1) is 0 Å². The van der Waals surface area contributed by atoms with Gasteiger partial charge in [-0.2, -0.15) is 9.29 Å². The fraction of sp³-hybridized carbons (Fsp3) is 0.375. The van der Waals surface area contributed by atoms with Gasteiger partial charge in [0.15, 0.2) is 0 Å². The number of nitrogens with zero attached hydrogens (tertiary/aromatic N) is 3. The first kappa shape index (κ1) is 23.1. The molecule has 8 nitrogen and oxygen atoms in total. The molecule has 1 amide bonds. The van der Waals surface area contributed by atoms with Crippen molar-refractivity contribution in [2.24, 2.45) is 0 Å². The van der Waals surface area contributed by atoms with Crippen molar-refractivity contribution in [2.45, 2.75) is 50.5 Å². The zero-order valence-electron chi connectivity index (χ0n) is 19.0. The van der Waals surface area contributed by atoms with Crippen LogP contribution in [0.3, 0.4) is 0 Å². The molecule has 0 radical (unpaired) electrons. The van der Waals surface area contributed by atoms with Crippen LogP contribution < -0.4 is 5.32 Å². The van der Waals surface area contributed by atoms with Gasteiger partial charge in [0.1, 0.15) is 0 Å². The molecule has 4 rings (SSSR count). The summed E-state index contributed by atoms with van der Waals surface area (Å²) in [6, 6.07) is 13.9. The van der Waals surface area contributed by atoms with Crippen molar-refractivity contribution in [3.8, 4) is 11.4 Å². The lowest BCUT2D eigenvalue weighted by Gasteiger charge is -2.18. The highest BCUT2D eigenvalue weighted by molar-refractivity contribution is 7.89. The summed E-state index contributed by atoms with van der Waals surface area (Å²) in [5.74, 6) is 0.386. The van der Waals surface area contributed by atoms with E-state index in [1.54, 1.807) is 0 Å². The van der Waals surface area contributed by atoms with E-state index in [0.29, 0.717) is 24.5 Å². The third kappa shape index (κ3) is 5.15. The van der Waals surface area contributed by atoms with Crippen molar-refractivity contribution in [1.82, 2.24) is 19.8 Å². The summed E-state index contributed by atoms with van der Waals surface area (Å²) in [6.45, 7) is 7.60. The SMILES string of the molecule is CC(C)(C)c1ccc(-c2noc(CNC(=O)c3ccc(S(=O)(=O)N4CCCC4)cc3)n2)cc1. The molecule has 3 aromatic rings. The maximum atomic E-state index is 12.6. The molecule has 1 aromatic heterocycles. The maximum absolute atomic E-state index is 12.6. The number of hydrogen-bond donors (Lipinski definition) is 1. The second-order valence-electron chi connectivity index (χ2n) is 9.16. The monoisotopic (exact) mass is 468 g/mol. The first-order chi connectivity index (χ1) is 15.6. The Bertz CT molecular complexity index is 1220. The van der Waals surface area contributed by atoms with Crippen LogP contribution in [0, 0.1) is 0 Å². The van der Waals surface area contributed by atoms with Crippen molar-refractivity contribution >= 4 is 15.9 Å². The Balaban J connectivity index is 1.37. The average molecular weight is 469 g/mol. The Hall–Kier alpha value is -3.04. The van der Waals surface area contributed by atoms with E-state index in [1.807, 2.05) is 24.3 Å². The summed E-state index contributed by atoms with van der Waals surface area (Å²) in [7, 11) is -3.50. The maximum Gasteiger partial charge on any atom is 0.251 e. The fourth-order valence-electron chi connectivity index (χ4n) is 3.68. The Labute approximate surface area is 194 Å². The fourth-order valence-corrected chi connectivity index (χ4v) is 5.19. The van der Waals surface area contributed by atoms with Crippen LogP contribution in [0.2, 0.25) is 0 Å². The number of amides is 1. The summed E-state index contributed by atoms with van der Waals surface area (Å²) < 4.78 is 32.0. The summed E-state index contributed by atoms with van der Waals surface area (Å²) in [6.07, 6.45) is 1.75. The van der Waals surface area contributed by atoms with E-state index in [4.69, 9.17) is 4.52 Å². The summed E-state index contributed by atoms with van der Waals surface area (Å²) >= 11 is 0. The van der Waals surface area contributed by atoms with Crippen LogP contribution >= 0.6 is 0 Å². The van der Waals surface area contributed by atoms with E-state index < -0.39 is 10.0 Å². The average Bonchev–Trinajstić information content (AvgIpc) is 3.50. The molecule has 0 unspecified atom stereocenters. The lowest BCUT2D eigenvalue weighted by molar-refractivity contribution is 0.0946. The van der Waals surface area contributed by atoms with Gasteiger partial charge in [-0.05, 0) is 48.1 Å². The number of benzene rings is 2. The molecule has 0 spiro atoms. The normalized spacial score (nSPS) is 15.0. The molecule has 1 saturated heterocycles. The molecule has 0 aliphatic carbocycles. The lowest BCUT2D eigenvalue weighted by Crippen LogP contribution is -2.28. The number of rotatable bonds is 6. The van der Waals surface area contributed by atoms with Crippen molar-refractivity contribution in [1.29, 1.82) is 0 Å². The highest BCUT2D eigenvalue weighted by Crippen LogP contribution is 2.25. The highest BCUT2D eigenvalue weighted by Gasteiger charge is 2.27. The number of aromatic nitrogens is 2. The van der Waals surface area contributed by atoms with Gasteiger partial charge < -0.3 is 9.84 Å². The van der Waals surface area contributed by atoms with E-state index in [2.05, 4.69) is 36.2 Å². The molecule has 0 bridgehead atoms. The predicted molar refractivity (Wildman–Crippen MR) is 124 cm³/mol. The molecule has 9 heteroatoms. The Morgan fingerprint density at radius 1 is 1.03 bits per heavy atom. The molecule has 2 aromatic carbocycles. The van der Waals surface area contributed by atoms with Crippen LogP contribution in [0.15, 0.2) is 57.9 Å². The molecule has 1 aliphatic heterocycles. The van der Waals surface area contributed by atoms with Crippen LogP contribution in [0.5, 0.6) is 0 Å². The third-order valence-corrected chi connectivity index (χ3v) is 7.61. The van der Waals surface area contributed by atoms with Gasteiger partial charge in [-0.1, -0.05) is 50.2 Å². The standard InChI is InChI=1S/C24H28N4O4S/c1-24(2,3)19-10-6-17(7-11-19)22-26-21(32-27-22)16-25-23(29)18-8-12-20(13-9-18)33(30,31)28-14-4-5-15-28/h6-13H,4-5,14-16H2,1-3H3,(H,25,29). The van der Waals surface area contributed by atoms with E-state index in [9.17, 15) is 13.2 Å². The van der Waals surface area contributed by atoms with Crippen LogP contribution in [0.1, 0.15) is 55.4 Å². The zero-order chi connectivity index (χ0) is 23.6. The second-order valence-corrected chi connectivity index (χ2v) is 11.1. The van der Waals surface area contributed by atoms with Crippen LogP contribution in [0.25, 0.3) is 11.4 Å². The first-order valence-electron chi connectivity index (χ1n) is 11.0. The first-order valence-corrected chi connectivity index (χ1v) is 12.4.